The largest absolute Gasteiger partial charge is 0.497 e. The van der Waals surface area contributed by atoms with E-state index >= 15 is 0 Å². The predicted molar refractivity (Wildman–Crippen MR) is 113 cm³/mol. The summed E-state index contributed by atoms with van der Waals surface area (Å²) < 4.78 is 7.02. The molecular formula is C20H18ClN5O2S. The molecule has 2 aromatic carbocycles. The highest BCUT2D eigenvalue weighted by atomic mass is 35.5. The van der Waals surface area contributed by atoms with Gasteiger partial charge >= 0.3 is 0 Å². The van der Waals surface area contributed by atoms with E-state index in [0.29, 0.717) is 27.3 Å². The zero-order valence-corrected chi connectivity index (χ0v) is 17.6. The smallest absolute Gasteiger partial charge is 0.237 e. The number of nitrogens with zero attached hydrogens (tertiary/aromatic N) is 4. The Labute approximate surface area is 177 Å². The van der Waals surface area contributed by atoms with Crippen LogP contribution < -0.4 is 10.1 Å². The summed E-state index contributed by atoms with van der Waals surface area (Å²) in [6.07, 6.45) is 0. The molecule has 1 amide bonds. The molecule has 0 aliphatic carbocycles. The molecule has 0 radical (unpaired) electrons. The average molecular weight is 428 g/mol. The first-order valence-electron chi connectivity index (χ1n) is 8.64. The molecule has 0 aliphatic heterocycles. The summed E-state index contributed by atoms with van der Waals surface area (Å²) in [6.45, 7) is 1.78. The molecule has 0 saturated heterocycles. The van der Waals surface area contributed by atoms with Gasteiger partial charge < -0.3 is 14.6 Å². The van der Waals surface area contributed by atoms with Gasteiger partial charge in [-0.1, -0.05) is 23.4 Å². The van der Waals surface area contributed by atoms with E-state index in [-0.39, 0.29) is 5.91 Å². The van der Waals surface area contributed by atoms with Crippen molar-refractivity contribution in [3.05, 3.63) is 53.1 Å². The van der Waals surface area contributed by atoms with Crippen LogP contribution in [0.25, 0.3) is 11.4 Å². The fourth-order valence-corrected chi connectivity index (χ4v) is 3.59. The van der Waals surface area contributed by atoms with E-state index in [4.69, 9.17) is 21.6 Å². The van der Waals surface area contributed by atoms with Crippen molar-refractivity contribution in [3.8, 4) is 23.2 Å². The van der Waals surface area contributed by atoms with Crippen LogP contribution >= 0.6 is 23.4 Å². The first-order valence-corrected chi connectivity index (χ1v) is 9.89. The quantitative estimate of drug-likeness (QED) is 0.594. The van der Waals surface area contributed by atoms with E-state index in [1.54, 1.807) is 32.2 Å². The number of thioether (sulfide) groups is 1. The lowest BCUT2D eigenvalue weighted by Crippen LogP contribution is -2.22. The van der Waals surface area contributed by atoms with Crippen LogP contribution in [0.2, 0.25) is 5.02 Å². The number of halogens is 1. The van der Waals surface area contributed by atoms with E-state index in [9.17, 15) is 4.79 Å². The van der Waals surface area contributed by atoms with E-state index in [2.05, 4.69) is 15.5 Å². The fourth-order valence-electron chi connectivity index (χ4n) is 2.55. The number of aromatic nitrogens is 3. The van der Waals surface area contributed by atoms with Gasteiger partial charge in [-0.2, -0.15) is 5.26 Å². The van der Waals surface area contributed by atoms with Gasteiger partial charge in [-0.3, -0.25) is 4.79 Å². The van der Waals surface area contributed by atoms with Crippen LogP contribution in [0.5, 0.6) is 5.75 Å². The van der Waals surface area contributed by atoms with Gasteiger partial charge in [-0.25, -0.2) is 0 Å². The summed E-state index contributed by atoms with van der Waals surface area (Å²) in [5.74, 6) is 1.25. The highest BCUT2D eigenvalue weighted by Crippen LogP contribution is 2.28. The molecule has 0 saturated carbocycles. The molecule has 29 heavy (non-hydrogen) atoms. The Balaban J connectivity index is 1.69. The van der Waals surface area contributed by atoms with Gasteiger partial charge in [0.1, 0.15) is 11.8 Å². The number of hydrogen-bond acceptors (Lipinski definition) is 6. The number of nitriles is 1. The lowest BCUT2D eigenvalue weighted by Gasteiger charge is -2.12. The highest BCUT2D eigenvalue weighted by molar-refractivity contribution is 8.00. The lowest BCUT2D eigenvalue weighted by atomic mass is 10.2. The second-order valence-electron chi connectivity index (χ2n) is 6.15. The molecular weight excluding hydrogens is 410 g/mol. The number of carbonyl (C=O) groups is 1. The van der Waals surface area contributed by atoms with E-state index in [0.717, 1.165) is 11.3 Å². The Morgan fingerprint density at radius 3 is 2.62 bits per heavy atom. The minimum absolute atomic E-state index is 0.204. The van der Waals surface area contributed by atoms with Crippen LogP contribution in [0.3, 0.4) is 0 Å². The maximum Gasteiger partial charge on any atom is 0.237 e. The minimum Gasteiger partial charge on any atom is -0.497 e. The van der Waals surface area contributed by atoms with E-state index in [1.165, 1.54) is 11.8 Å². The Bertz CT molecular complexity index is 1080. The maximum absolute atomic E-state index is 12.5. The molecule has 0 bridgehead atoms. The Morgan fingerprint density at radius 1 is 1.28 bits per heavy atom. The van der Waals surface area contributed by atoms with Crippen molar-refractivity contribution in [1.82, 2.24) is 14.8 Å². The molecule has 0 aliphatic rings. The Morgan fingerprint density at radius 2 is 2.00 bits per heavy atom. The maximum atomic E-state index is 12.5. The van der Waals surface area contributed by atoms with Gasteiger partial charge in [0.2, 0.25) is 5.91 Å². The molecule has 1 N–H and O–H groups in total. The molecule has 1 heterocycles. The van der Waals surface area contributed by atoms with Crippen molar-refractivity contribution in [2.75, 3.05) is 12.4 Å². The number of benzene rings is 2. The van der Waals surface area contributed by atoms with Gasteiger partial charge in [0, 0.05) is 18.3 Å². The zero-order chi connectivity index (χ0) is 21.0. The summed E-state index contributed by atoms with van der Waals surface area (Å²) in [5.41, 5.74) is 1.79. The Kier molecular flexibility index (Phi) is 6.42. The number of ether oxygens (including phenoxy) is 1. The van der Waals surface area contributed by atoms with Crippen molar-refractivity contribution < 1.29 is 9.53 Å². The first kappa shape index (κ1) is 20.7. The minimum atomic E-state index is -0.420. The summed E-state index contributed by atoms with van der Waals surface area (Å²) in [6, 6.07) is 14.3. The third kappa shape index (κ3) is 4.70. The summed E-state index contributed by atoms with van der Waals surface area (Å²) in [4.78, 5) is 12.5. The van der Waals surface area contributed by atoms with Crippen molar-refractivity contribution in [3.63, 3.8) is 0 Å². The fraction of sp³-hybridized carbons (Fsp3) is 0.200. The Hall–Kier alpha value is -3.02. The third-order valence-electron chi connectivity index (χ3n) is 4.19. The number of methoxy groups -OCH3 is 1. The number of nitrogens with one attached hydrogen (secondary N) is 1. The van der Waals surface area contributed by atoms with E-state index in [1.807, 2.05) is 41.9 Å². The second-order valence-corrected chi connectivity index (χ2v) is 7.86. The van der Waals surface area contributed by atoms with Crippen molar-refractivity contribution in [1.29, 1.82) is 5.26 Å². The third-order valence-corrected chi connectivity index (χ3v) is 5.64. The molecule has 7 nitrogen and oxygen atoms in total. The lowest BCUT2D eigenvalue weighted by molar-refractivity contribution is -0.115. The summed E-state index contributed by atoms with van der Waals surface area (Å²) in [7, 11) is 3.47. The molecule has 3 rings (SSSR count). The average Bonchev–Trinajstić information content (AvgIpc) is 3.08. The standard InChI is InChI=1S/C20H18ClN5O2S/c1-12(19(27)23-15-7-4-14(11-22)17(21)10-15)29-20-25-24-18(26(20)2)13-5-8-16(28-3)9-6-13/h4-10,12H,1-3H3,(H,23,27). The van der Waals surface area contributed by atoms with Crippen molar-refractivity contribution in [2.45, 2.75) is 17.3 Å². The van der Waals surface area contributed by atoms with Crippen LogP contribution in [-0.4, -0.2) is 33.0 Å². The first-order chi connectivity index (χ1) is 13.9. The molecule has 0 spiro atoms. The van der Waals surface area contributed by atoms with Gasteiger partial charge in [-0.05, 0) is 49.4 Å². The molecule has 148 valence electrons. The van der Waals surface area contributed by atoms with Crippen LogP contribution in [-0.2, 0) is 11.8 Å². The number of amides is 1. The number of anilines is 1. The topological polar surface area (TPSA) is 92.8 Å². The van der Waals surface area contributed by atoms with Crippen molar-refractivity contribution in [2.24, 2.45) is 7.05 Å². The van der Waals surface area contributed by atoms with Crippen LogP contribution in [0.1, 0.15) is 12.5 Å². The second kappa shape index (κ2) is 8.99. The monoisotopic (exact) mass is 427 g/mol. The SMILES string of the molecule is COc1ccc(-c2nnc(SC(C)C(=O)Nc3ccc(C#N)c(Cl)c3)n2C)cc1. The molecule has 1 unspecified atom stereocenters. The number of rotatable bonds is 6. The molecule has 0 fully saturated rings. The summed E-state index contributed by atoms with van der Waals surface area (Å²) in [5, 5.41) is 20.7. The molecule has 1 atom stereocenters. The number of hydrogen-bond donors (Lipinski definition) is 1. The van der Waals surface area contributed by atoms with Crippen LogP contribution in [0, 0.1) is 11.3 Å². The van der Waals surface area contributed by atoms with Crippen LogP contribution in [0.4, 0.5) is 5.69 Å². The van der Waals surface area contributed by atoms with E-state index < -0.39 is 5.25 Å². The molecule has 3 aromatic rings. The van der Waals surface area contributed by atoms with Gasteiger partial charge in [0.05, 0.1) is 22.9 Å². The normalized spacial score (nSPS) is 11.6. The van der Waals surface area contributed by atoms with Gasteiger partial charge in [0.15, 0.2) is 11.0 Å². The van der Waals surface area contributed by atoms with Gasteiger partial charge in [-0.15, -0.1) is 10.2 Å². The van der Waals surface area contributed by atoms with Gasteiger partial charge in [0.25, 0.3) is 0 Å². The molecule has 1 aromatic heterocycles. The summed E-state index contributed by atoms with van der Waals surface area (Å²) >= 11 is 7.31. The predicted octanol–water partition coefficient (Wildman–Crippen LogP) is 4.14. The zero-order valence-electron chi connectivity index (χ0n) is 16.0. The van der Waals surface area contributed by atoms with Crippen molar-refractivity contribution >= 4 is 35.0 Å². The van der Waals surface area contributed by atoms with Crippen LogP contribution in [0.15, 0.2) is 47.6 Å². The number of carbonyl (C=O) groups excluding carboxylic acids is 1. The highest BCUT2D eigenvalue weighted by Gasteiger charge is 2.20. The molecule has 9 heteroatoms.